The van der Waals surface area contributed by atoms with Gasteiger partial charge in [-0.3, -0.25) is 9.69 Å². The Morgan fingerprint density at radius 2 is 2.24 bits per heavy atom. The second kappa shape index (κ2) is 8.15. The lowest BCUT2D eigenvalue weighted by Gasteiger charge is -2.35. The van der Waals surface area contributed by atoms with Gasteiger partial charge in [-0.1, -0.05) is 25.5 Å². The summed E-state index contributed by atoms with van der Waals surface area (Å²) in [5.41, 5.74) is 2.15. The minimum Gasteiger partial charge on any atom is -0.325 e. The average molecular weight is 289 g/mol. The van der Waals surface area contributed by atoms with Crippen molar-refractivity contribution in [3.63, 3.8) is 0 Å². The van der Waals surface area contributed by atoms with Gasteiger partial charge >= 0.3 is 0 Å². The molecule has 1 unspecified atom stereocenters. The van der Waals surface area contributed by atoms with Gasteiger partial charge < -0.3 is 10.6 Å². The fourth-order valence-corrected chi connectivity index (χ4v) is 2.99. The van der Waals surface area contributed by atoms with Crippen molar-refractivity contribution in [1.82, 2.24) is 10.2 Å². The molecular formula is C17H27N3O. The lowest BCUT2D eigenvalue weighted by molar-refractivity contribution is -0.118. The van der Waals surface area contributed by atoms with E-state index in [0.717, 1.165) is 25.2 Å². The van der Waals surface area contributed by atoms with E-state index in [2.05, 4.69) is 34.6 Å². The van der Waals surface area contributed by atoms with Gasteiger partial charge in [0.25, 0.3) is 0 Å². The number of hydrogen-bond donors (Lipinski definition) is 2. The van der Waals surface area contributed by atoms with E-state index in [9.17, 15) is 4.79 Å². The molecule has 1 aromatic rings. The maximum absolute atomic E-state index is 12.3. The Balaban J connectivity index is 1.90. The Hall–Kier alpha value is -1.39. The van der Waals surface area contributed by atoms with Crippen molar-refractivity contribution >= 4 is 11.6 Å². The summed E-state index contributed by atoms with van der Waals surface area (Å²) in [4.78, 5) is 14.6. The number of anilines is 1. The van der Waals surface area contributed by atoms with Crippen LogP contribution >= 0.6 is 0 Å². The third kappa shape index (κ3) is 4.83. The van der Waals surface area contributed by atoms with E-state index < -0.39 is 0 Å². The Morgan fingerprint density at radius 1 is 1.38 bits per heavy atom. The first-order valence-electron chi connectivity index (χ1n) is 8.00. The second-order valence-electron chi connectivity index (χ2n) is 5.78. The van der Waals surface area contributed by atoms with Crippen LogP contribution in [0.25, 0.3) is 0 Å². The molecule has 1 aliphatic rings. The molecule has 1 atom stereocenters. The molecule has 21 heavy (non-hydrogen) atoms. The van der Waals surface area contributed by atoms with Gasteiger partial charge in [0.2, 0.25) is 5.91 Å². The molecule has 4 nitrogen and oxygen atoms in total. The van der Waals surface area contributed by atoms with Crippen LogP contribution in [0.4, 0.5) is 5.69 Å². The highest BCUT2D eigenvalue weighted by molar-refractivity contribution is 5.92. The first-order valence-corrected chi connectivity index (χ1v) is 8.00. The van der Waals surface area contributed by atoms with Crippen molar-refractivity contribution in [3.8, 4) is 0 Å². The minimum absolute atomic E-state index is 0.0891. The summed E-state index contributed by atoms with van der Waals surface area (Å²) in [5, 5.41) is 6.26. The van der Waals surface area contributed by atoms with Gasteiger partial charge in [-0.15, -0.1) is 0 Å². The number of rotatable bonds is 6. The molecule has 2 rings (SSSR count). The number of aryl methyl sites for hydroxylation is 1. The van der Waals surface area contributed by atoms with E-state index >= 15 is 0 Å². The van der Waals surface area contributed by atoms with Crippen LogP contribution in [0.2, 0.25) is 0 Å². The van der Waals surface area contributed by atoms with E-state index in [1.54, 1.807) is 0 Å². The SMILES string of the molecule is CCc1cccc(NC(=O)CN2CCCCC2CNC)c1. The smallest absolute Gasteiger partial charge is 0.238 e. The largest absolute Gasteiger partial charge is 0.325 e. The lowest BCUT2D eigenvalue weighted by Crippen LogP contribution is -2.47. The molecule has 1 aliphatic heterocycles. The molecule has 4 heteroatoms. The summed E-state index contributed by atoms with van der Waals surface area (Å²) >= 11 is 0. The zero-order chi connectivity index (χ0) is 15.1. The summed E-state index contributed by atoms with van der Waals surface area (Å²) in [6.45, 7) is 4.59. The van der Waals surface area contributed by atoms with Gasteiger partial charge in [-0.2, -0.15) is 0 Å². The van der Waals surface area contributed by atoms with E-state index in [-0.39, 0.29) is 5.91 Å². The Bertz CT molecular complexity index is 459. The predicted octanol–water partition coefficient (Wildman–Crippen LogP) is 2.26. The van der Waals surface area contributed by atoms with Crippen LogP contribution in [0.1, 0.15) is 31.7 Å². The maximum Gasteiger partial charge on any atom is 0.238 e. The predicted molar refractivity (Wildman–Crippen MR) is 87.6 cm³/mol. The Labute approximate surface area is 127 Å². The van der Waals surface area contributed by atoms with Crippen LogP contribution in [-0.2, 0) is 11.2 Å². The third-order valence-electron chi connectivity index (χ3n) is 4.15. The monoisotopic (exact) mass is 289 g/mol. The number of piperidine rings is 1. The Kier molecular flexibility index (Phi) is 6.21. The Morgan fingerprint density at radius 3 is 3.00 bits per heavy atom. The standard InChI is InChI=1S/C17H27N3O/c1-3-14-7-6-8-15(11-14)19-17(21)13-20-10-5-4-9-16(20)12-18-2/h6-8,11,16,18H,3-5,9-10,12-13H2,1-2H3,(H,19,21). The van der Waals surface area contributed by atoms with Crippen molar-refractivity contribution in [1.29, 1.82) is 0 Å². The molecular weight excluding hydrogens is 262 g/mol. The molecule has 1 amide bonds. The first kappa shape index (κ1) is 16.0. The van der Waals surface area contributed by atoms with Gasteiger partial charge in [0.15, 0.2) is 0 Å². The fourth-order valence-electron chi connectivity index (χ4n) is 2.99. The summed E-state index contributed by atoms with van der Waals surface area (Å²) in [6.07, 6.45) is 4.63. The molecule has 0 aliphatic carbocycles. The zero-order valence-corrected chi connectivity index (χ0v) is 13.2. The zero-order valence-electron chi connectivity index (χ0n) is 13.2. The number of carbonyl (C=O) groups excluding carboxylic acids is 1. The van der Waals surface area contributed by atoms with Gasteiger partial charge in [0.1, 0.15) is 0 Å². The van der Waals surface area contributed by atoms with Crippen molar-refractivity contribution in [3.05, 3.63) is 29.8 Å². The quantitative estimate of drug-likeness (QED) is 0.844. The molecule has 1 saturated heterocycles. The van der Waals surface area contributed by atoms with Crippen LogP contribution in [0.3, 0.4) is 0 Å². The molecule has 0 spiro atoms. The number of hydrogen-bond acceptors (Lipinski definition) is 3. The van der Waals surface area contributed by atoms with Crippen molar-refractivity contribution < 1.29 is 4.79 Å². The second-order valence-corrected chi connectivity index (χ2v) is 5.78. The highest BCUT2D eigenvalue weighted by Gasteiger charge is 2.23. The van der Waals surface area contributed by atoms with E-state index in [1.807, 2.05) is 19.2 Å². The normalized spacial score (nSPS) is 19.4. The number of benzene rings is 1. The topological polar surface area (TPSA) is 44.4 Å². The number of amides is 1. The lowest BCUT2D eigenvalue weighted by atomic mass is 10.0. The van der Waals surface area contributed by atoms with Crippen molar-refractivity contribution in [2.75, 3.05) is 32.0 Å². The summed E-state index contributed by atoms with van der Waals surface area (Å²) in [6, 6.07) is 8.58. The molecule has 0 aromatic heterocycles. The van der Waals surface area contributed by atoms with E-state index in [1.165, 1.54) is 24.8 Å². The number of nitrogens with one attached hydrogen (secondary N) is 2. The molecule has 1 fully saturated rings. The molecule has 116 valence electrons. The van der Waals surface area contributed by atoms with Gasteiger partial charge in [0, 0.05) is 18.3 Å². The van der Waals surface area contributed by atoms with Crippen LogP contribution in [0, 0.1) is 0 Å². The number of carbonyl (C=O) groups is 1. The maximum atomic E-state index is 12.3. The van der Waals surface area contributed by atoms with Crippen LogP contribution in [0.15, 0.2) is 24.3 Å². The molecule has 0 saturated carbocycles. The number of likely N-dealkylation sites (N-methyl/N-ethyl adjacent to an activating group) is 1. The van der Waals surface area contributed by atoms with Gasteiger partial charge in [-0.05, 0) is 50.6 Å². The van der Waals surface area contributed by atoms with E-state index in [0.29, 0.717) is 12.6 Å². The van der Waals surface area contributed by atoms with Crippen LogP contribution in [0.5, 0.6) is 0 Å². The molecule has 1 heterocycles. The van der Waals surface area contributed by atoms with E-state index in [4.69, 9.17) is 0 Å². The fraction of sp³-hybridized carbons (Fsp3) is 0.588. The molecule has 0 radical (unpaired) electrons. The highest BCUT2D eigenvalue weighted by atomic mass is 16.2. The average Bonchev–Trinajstić information content (AvgIpc) is 2.49. The summed E-state index contributed by atoms with van der Waals surface area (Å²) in [7, 11) is 1.98. The van der Waals surface area contributed by atoms with Crippen LogP contribution in [-0.4, -0.2) is 43.5 Å². The summed E-state index contributed by atoms with van der Waals surface area (Å²) in [5.74, 6) is 0.0891. The van der Waals surface area contributed by atoms with Gasteiger partial charge in [-0.25, -0.2) is 0 Å². The highest BCUT2D eigenvalue weighted by Crippen LogP contribution is 2.17. The minimum atomic E-state index is 0.0891. The molecule has 0 bridgehead atoms. The molecule has 1 aromatic carbocycles. The summed E-state index contributed by atoms with van der Waals surface area (Å²) < 4.78 is 0. The number of likely N-dealkylation sites (tertiary alicyclic amines) is 1. The van der Waals surface area contributed by atoms with Gasteiger partial charge in [0.05, 0.1) is 6.54 Å². The van der Waals surface area contributed by atoms with Crippen molar-refractivity contribution in [2.45, 2.75) is 38.6 Å². The molecule has 2 N–H and O–H groups in total. The first-order chi connectivity index (χ1) is 10.2. The number of nitrogens with zero attached hydrogens (tertiary/aromatic N) is 1. The third-order valence-corrected chi connectivity index (χ3v) is 4.15. The van der Waals surface area contributed by atoms with Crippen molar-refractivity contribution in [2.24, 2.45) is 0 Å². The van der Waals surface area contributed by atoms with Crippen LogP contribution < -0.4 is 10.6 Å².